The van der Waals surface area contributed by atoms with Crippen molar-refractivity contribution in [3.8, 4) is 22.3 Å². The maximum Gasteiger partial charge on any atom is 0.178 e. The van der Waals surface area contributed by atoms with E-state index >= 15 is 9.59 Å². The lowest BCUT2D eigenvalue weighted by Gasteiger charge is -2.24. The number of carbonyl (C=O) groups excluding carboxylic acids is 2. The van der Waals surface area contributed by atoms with Crippen molar-refractivity contribution in [2.45, 2.75) is 49.9 Å². The van der Waals surface area contributed by atoms with Crippen molar-refractivity contribution in [2.75, 3.05) is 0 Å². The third-order valence-corrected chi connectivity index (χ3v) is 15.9. The third kappa shape index (κ3) is 3.80. The number of nitrogens with zero attached hydrogens (tertiary/aromatic N) is 1. The molecular formula is C60H39NO2. The number of carbonyl (C=O) groups is 2. The fraction of sp³-hybridized carbons (Fsp3) is 0.133. The molecule has 4 aliphatic carbocycles. The van der Waals surface area contributed by atoms with Crippen LogP contribution in [0, 0.1) is 0 Å². The zero-order valence-electron chi connectivity index (χ0n) is 35.2. The molecule has 0 radical (unpaired) electrons. The predicted molar refractivity (Wildman–Crippen MR) is 256 cm³/mol. The van der Waals surface area contributed by atoms with Crippen molar-refractivity contribution in [3.63, 3.8) is 0 Å². The van der Waals surface area contributed by atoms with E-state index in [1.807, 2.05) is 0 Å². The van der Waals surface area contributed by atoms with Crippen molar-refractivity contribution in [2.24, 2.45) is 0 Å². The summed E-state index contributed by atoms with van der Waals surface area (Å²) in [5.74, 6) is 0.340. The van der Waals surface area contributed by atoms with E-state index in [9.17, 15) is 0 Å². The van der Waals surface area contributed by atoms with Crippen LogP contribution in [-0.2, 0) is 29.1 Å². The Morgan fingerprint density at radius 3 is 1.41 bits per heavy atom. The minimum atomic E-state index is -0.776. The van der Waals surface area contributed by atoms with Gasteiger partial charge in [-0.25, -0.2) is 0 Å². The van der Waals surface area contributed by atoms with Crippen molar-refractivity contribution in [1.82, 2.24) is 4.40 Å². The molecule has 3 nitrogen and oxygen atoms in total. The minimum Gasteiger partial charge on any atom is -0.308 e. The van der Waals surface area contributed by atoms with E-state index in [0.29, 0.717) is 12.8 Å². The van der Waals surface area contributed by atoms with Crippen molar-refractivity contribution in [3.05, 3.63) is 208 Å². The largest absolute Gasteiger partial charge is 0.308 e. The van der Waals surface area contributed by atoms with Gasteiger partial charge in [-0.15, -0.1) is 0 Å². The molecule has 11 aromatic rings. The van der Waals surface area contributed by atoms with Gasteiger partial charge >= 0.3 is 0 Å². The lowest BCUT2D eigenvalue weighted by atomic mass is 9.75. The Morgan fingerprint density at radius 2 is 0.889 bits per heavy atom. The Labute approximate surface area is 363 Å². The van der Waals surface area contributed by atoms with E-state index < -0.39 is 10.8 Å². The summed E-state index contributed by atoms with van der Waals surface area (Å²) >= 11 is 0. The van der Waals surface area contributed by atoms with E-state index in [0.717, 1.165) is 94.1 Å². The summed E-state index contributed by atoms with van der Waals surface area (Å²) in [5.41, 5.74) is 15.6. The molecule has 63 heavy (non-hydrogen) atoms. The van der Waals surface area contributed by atoms with Crippen LogP contribution in [0.25, 0.3) is 81.9 Å². The molecule has 9 aromatic carbocycles. The Bertz CT molecular complexity index is 3910. The lowest BCUT2D eigenvalue weighted by Crippen LogP contribution is -2.32. The molecule has 2 aromatic heterocycles. The molecule has 0 amide bonds. The Kier molecular flexibility index (Phi) is 5.97. The minimum absolute atomic E-state index is 0.133. The molecule has 0 atom stereocenters. The molecule has 0 saturated heterocycles. The van der Waals surface area contributed by atoms with E-state index in [1.165, 1.54) is 37.9 Å². The molecule has 0 aliphatic heterocycles. The van der Waals surface area contributed by atoms with Crippen LogP contribution in [0.15, 0.2) is 158 Å². The summed E-state index contributed by atoms with van der Waals surface area (Å²) in [6, 6.07) is 56.9. The monoisotopic (exact) mass is 805 g/mol. The van der Waals surface area contributed by atoms with Gasteiger partial charge in [-0.05, 0) is 137 Å². The summed E-state index contributed by atoms with van der Waals surface area (Å²) in [4.78, 5) is 30.9. The van der Waals surface area contributed by atoms with Crippen LogP contribution in [0.3, 0.4) is 0 Å². The van der Waals surface area contributed by atoms with E-state index in [1.54, 1.807) is 0 Å². The molecular weight excluding hydrogens is 767 g/mol. The second-order valence-corrected chi connectivity index (χ2v) is 19.9. The quantitative estimate of drug-likeness (QED) is 0.143. The lowest BCUT2D eigenvalue weighted by molar-refractivity contribution is 0.0925. The van der Waals surface area contributed by atoms with Crippen LogP contribution in [0.4, 0.5) is 0 Å². The molecule has 4 aliphatic rings. The molecule has 3 heteroatoms. The number of hydrogen-bond acceptors (Lipinski definition) is 2. The number of benzene rings is 9. The molecule has 0 bridgehead atoms. The molecule has 0 N–H and O–H groups in total. The van der Waals surface area contributed by atoms with Crippen LogP contribution >= 0.6 is 0 Å². The van der Waals surface area contributed by atoms with E-state index in [-0.39, 0.29) is 17.0 Å². The van der Waals surface area contributed by atoms with Crippen molar-refractivity contribution < 1.29 is 9.59 Å². The van der Waals surface area contributed by atoms with Crippen LogP contribution in [0.1, 0.15) is 80.4 Å². The van der Waals surface area contributed by atoms with E-state index in [4.69, 9.17) is 0 Å². The highest BCUT2D eigenvalue weighted by atomic mass is 16.1. The summed E-state index contributed by atoms with van der Waals surface area (Å²) in [6.45, 7) is 6.96. The van der Waals surface area contributed by atoms with Gasteiger partial charge in [0.2, 0.25) is 0 Å². The number of fused-ring (bicyclic) bond motifs is 22. The highest BCUT2D eigenvalue weighted by Crippen LogP contribution is 2.59. The third-order valence-electron chi connectivity index (χ3n) is 15.9. The maximum atomic E-state index is 15.5. The van der Waals surface area contributed by atoms with Crippen molar-refractivity contribution in [1.29, 1.82) is 0 Å². The zero-order valence-corrected chi connectivity index (χ0v) is 35.2. The van der Waals surface area contributed by atoms with Gasteiger partial charge in [0, 0.05) is 32.7 Å². The first kappa shape index (κ1) is 34.3. The SMILES string of the molecule is CC(C)(C)c1cc2ccccc2c2c1cc1c3cc4c(cc3n3c5cc6c(cc5c2c13)CC1(C6=O)c2ccccc2-c2ccccc21)C(=O)C1(C4)c2ccccc2-c2ccccc21. The van der Waals surface area contributed by atoms with Gasteiger partial charge in [-0.1, -0.05) is 142 Å². The summed E-state index contributed by atoms with van der Waals surface area (Å²) in [5, 5.41) is 9.69. The second-order valence-electron chi connectivity index (χ2n) is 19.9. The maximum absolute atomic E-state index is 15.5. The van der Waals surface area contributed by atoms with Gasteiger partial charge in [0.15, 0.2) is 11.6 Å². The fourth-order valence-corrected chi connectivity index (χ4v) is 13.4. The van der Waals surface area contributed by atoms with Crippen LogP contribution in [0.2, 0.25) is 0 Å². The van der Waals surface area contributed by atoms with Gasteiger partial charge in [0.05, 0.1) is 27.4 Å². The highest BCUT2D eigenvalue weighted by molar-refractivity contribution is 6.37. The smallest absolute Gasteiger partial charge is 0.178 e. The fourth-order valence-electron chi connectivity index (χ4n) is 13.4. The number of ketones is 2. The standard InChI is InChI=1S/C60H39NO2/c1-58(2,3)50-26-32-14-4-5-15-35(32)53-44(50)27-43-42-24-33-30-59(46-20-10-6-16-36(46)37-17-7-11-21-47(37)59)56(62)40(33)28-51(42)61-52-29-41-34(25-45(52)54(53)55(43)61)31-60(57(41)63)48-22-12-8-18-38(48)39-19-9-13-23-49(39)60/h4-29H,30-31H2,1-3H3. The van der Waals surface area contributed by atoms with Crippen LogP contribution in [-0.4, -0.2) is 16.0 Å². The van der Waals surface area contributed by atoms with Crippen LogP contribution < -0.4 is 0 Å². The Hall–Kier alpha value is -7.36. The molecule has 2 heterocycles. The molecule has 15 rings (SSSR count). The molecule has 296 valence electrons. The first-order chi connectivity index (χ1) is 30.7. The number of aromatic nitrogens is 1. The molecule has 2 spiro atoms. The summed E-state index contributed by atoms with van der Waals surface area (Å²) in [6.07, 6.45) is 1.24. The Morgan fingerprint density at radius 1 is 0.429 bits per heavy atom. The second kappa shape index (κ2) is 11.0. The highest BCUT2D eigenvalue weighted by Gasteiger charge is 2.55. The summed E-state index contributed by atoms with van der Waals surface area (Å²) in [7, 11) is 0. The predicted octanol–water partition coefficient (Wildman–Crippen LogP) is 13.9. The first-order valence-corrected chi connectivity index (χ1v) is 22.3. The van der Waals surface area contributed by atoms with Gasteiger partial charge < -0.3 is 4.40 Å². The number of Topliss-reactive ketones (excluding diaryl/α,β-unsaturated/α-hetero) is 2. The van der Waals surface area contributed by atoms with Gasteiger partial charge in [-0.2, -0.15) is 0 Å². The Balaban J connectivity index is 1.08. The zero-order chi connectivity index (χ0) is 41.9. The number of hydrogen-bond donors (Lipinski definition) is 0. The molecule has 0 unspecified atom stereocenters. The van der Waals surface area contributed by atoms with Gasteiger partial charge in [0.1, 0.15) is 0 Å². The molecule has 0 saturated carbocycles. The topological polar surface area (TPSA) is 38.5 Å². The van der Waals surface area contributed by atoms with Crippen molar-refractivity contribution >= 4 is 71.2 Å². The molecule has 0 fully saturated rings. The van der Waals surface area contributed by atoms with Gasteiger partial charge in [-0.3, -0.25) is 9.59 Å². The normalized spacial score (nSPS) is 16.4. The number of rotatable bonds is 0. The average molecular weight is 806 g/mol. The van der Waals surface area contributed by atoms with Crippen LogP contribution in [0.5, 0.6) is 0 Å². The first-order valence-electron chi connectivity index (χ1n) is 22.3. The summed E-state index contributed by atoms with van der Waals surface area (Å²) < 4.78 is 2.41. The van der Waals surface area contributed by atoms with Gasteiger partial charge in [0.25, 0.3) is 0 Å². The van der Waals surface area contributed by atoms with E-state index in [2.05, 4.69) is 183 Å². The average Bonchev–Trinajstić information content (AvgIpc) is 4.11.